The van der Waals surface area contributed by atoms with E-state index in [1.807, 2.05) is 0 Å². The third kappa shape index (κ3) is 4.14. The van der Waals surface area contributed by atoms with Crippen molar-refractivity contribution in [2.45, 2.75) is 24.7 Å². The minimum Gasteiger partial charge on any atom is -0.391 e. The highest BCUT2D eigenvalue weighted by atomic mass is 35.5. The number of aliphatic hydroxyl groups excluding tert-OH is 1. The van der Waals surface area contributed by atoms with Crippen LogP contribution in [0, 0.1) is 0 Å². The van der Waals surface area contributed by atoms with Gasteiger partial charge in [0.25, 0.3) is 0 Å². The predicted octanol–water partition coefficient (Wildman–Crippen LogP) is 2.33. The molecule has 1 aromatic carbocycles. The normalized spacial score (nSPS) is 15.6. The van der Waals surface area contributed by atoms with Crippen LogP contribution in [0.2, 0.25) is 10.0 Å². The van der Waals surface area contributed by atoms with Crippen LogP contribution in [0.4, 0.5) is 0 Å². The van der Waals surface area contributed by atoms with Gasteiger partial charge in [0.2, 0.25) is 0 Å². The summed E-state index contributed by atoms with van der Waals surface area (Å²) in [6, 6.07) is 4.96. The molecule has 0 aromatic heterocycles. The second kappa shape index (κ2) is 5.57. The van der Waals surface area contributed by atoms with Crippen LogP contribution in [0.15, 0.2) is 18.2 Å². The number of hydrogen-bond acceptors (Lipinski definition) is 3. The number of benzene rings is 1. The summed E-state index contributed by atoms with van der Waals surface area (Å²) in [6.45, 7) is 1.48. The molecule has 96 valence electrons. The van der Waals surface area contributed by atoms with Gasteiger partial charge in [-0.15, -0.1) is 0 Å². The zero-order chi connectivity index (χ0) is 13.2. The standard InChI is InChI=1S/C11H14Cl2O3S/c1-7(17(2,15)16)11(14)6-8-3-4-9(12)10(13)5-8/h3-5,7,11,14H,6H2,1-2H3. The van der Waals surface area contributed by atoms with Gasteiger partial charge in [-0.1, -0.05) is 29.3 Å². The molecule has 1 aromatic rings. The van der Waals surface area contributed by atoms with Crippen molar-refractivity contribution in [2.24, 2.45) is 0 Å². The Morgan fingerprint density at radius 1 is 1.29 bits per heavy atom. The maximum atomic E-state index is 11.3. The molecule has 2 unspecified atom stereocenters. The molecule has 3 nitrogen and oxygen atoms in total. The Labute approximate surface area is 111 Å². The molecule has 0 heterocycles. The van der Waals surface area contributed by atoms with E-state index in [0.717, 1.165) is 11.8 Å². The number of halogens is 2. The predicted molar refractivity (Wildman–Crippen MR) is 70.5 cm³/mol. The molecule has 2 atom stereocenters. The molecule has 1 N–H and O–H groups in total. The molecule has 0 aliphatic heterocycles. The monoisotopic (exact) mass is 296 g/mol. The minimum absolute atomic E-state index is 0.227. The number of hydrogen-bond donors (Lipinski definition) is 1. The molecule has 0 aliphatic carbocycles. The van der Waals surface area contributed by atoms with E-state index in [0.29, 0.717) is 10.0 Å². The van der Waals surface area contributed by atoms with Gasteiger partial charge in [-0.25, -0.2) is 8.42 Å². The Balaban J connectivity index is 2.81. The molecular formula is C11H14Cl2O3S. The number of aliphatic hydroxyl groups is 1. The van der Waals surface area contributed by atoms with Crippen molar-refractivity contribution in [2.75, 3.05) is 6.26 Å². The molecule has 1 rings (SSSR count). The van der Waals surface area contributed by atoms with Crippen molar-refractivity contribution in [1.29, 1.82) is 0 Å². The first-order valence-corrected chi connectivity index (χ1v) is 7.73. The van der Waals surface area contributed by atoms with Crippen molar-refractivity contribution < 1.29 is 13.5 Å². The fourth-order valence-electron chi connectivity index (χ4n) is 1.36. The second-order valence-electron chi connectivity index (χ2n) is 4.05. The molecule has 0 radical (unpaired) electrons. The van der Waals surface area contributed by atoms with E-state index in [4.69, 9.17) is 23.2 Å². The maximum Gasteiger partial charge on any atom is 0.152 e. The van der Waals surface area contributed by atoms with Crippen molar-refractivity contribution >= 4 is 33.0 Å². The molecule has 0 saturated heterocycles. The van der Waals surface area contributed by atoms with Crippen LogP contribution < -0.4 is 0 Å². The summed E-state index contributed by atoms with van der Waals surface area (Å²) < 4.78 is 22.6. The lowest BCUT2D eigenvalue weighted by molar-refractivity contribution is 0.173. The summed E-state index contributed by atoms with van der Waals surface area (Å²) in [5.41, 5.74) is 0.752. The van der Waals surface area contributed by atoms with Crippen LogP contribution in [-0.4, -0.2) is 31.1 Å². The summed E-state index contributed by atoms with van der Waals surface area (Å²) in [5, 5.41) is 9.83. The molecule has 0 saturated carbocycles. The van der Waals surface area contributed by atoms with E-state index in [1.165, 1.54) is 6.92 Å². The van der Waals surface area contributed by atoms with Gasteiger partial charge in [0.05, 0.1) is 21.4 Å². The lowest BCUT2D eigenvalue weighted by atomic mass is 10.1. The van der Waals surface area contributed by atoms with Gasteiger partial charge in [-0.05, 0) is 31.0 Å². The lowest BCUT2D eigenvalue weighted by Crippen LogP contribution is -2.32. The molecule has 0 fully saturated rings. The quantitative estimate of drug-likeness (QED) is 0.928. The summed E-state index contributed by atoms with van der Waals surface area (Å²) >= 11 is 11.6. The van der Waals surface area contributed by atoms with Gasteiger partial charge in [0, 0.05) is 6.26 Å². The topological polar surface area (TPSA) is 54.4 Å². The third-order valence-electron chi connectivity index (χ3n) is 2.65. The molecule has 17 heavy (non-hydrogen) atoms. The fraction of sp³-hybridized carbons (Fsp3) is 0.455. The third-order valence-corrected chi connectivity index (χ3v) is 5.05. The first-order valence-electron chi connectivity index (χ1n) is 5.02. The fourth-order valence-corrected chi connectivity index (χ4v) is 2.35. The van der Waals surface area contributed by atoms with E-state index in [2.05, 4.69) is 0 Å². The summed E-state index contributed by atoms with van der Waals surface area (Å²) in [5.74, 6) is 0. The van der Waals surface area contributed by atoms with E-state index < -0.39 is 21.2 Å². The largest absolute Gasteiger partial charge is 0.391 e. The Kier molecular flexibility index (Phi) is 4.84. The van der Waals surface area contributed by atoms with Gasteiger partial charge in [0.1, 0.15) is 0 Å². The smallest absolute Gasteiger partial charge is 0.152 e. The molecule has 0 aliphatic rings. The average Bonchev–Trinajstić information content (AvgIpc) is 2.21. The second-order valence-corrected chi connectivity index (χ2v) is 7.27. The SMILES string of the molecule is CC(C(O)Cc1ccc(Cl)c(Cl)c1)S(C)(=O)=O. The highest BCUT2D eigenvalue weighted by Gasteiger charge is 2.24. The molecule has 0 spiro atoms. The first-order chi connectivity index (χ1) is 7.71. The minimum atomic E-state index is -3.25. The lowest BCUT2D eigenvalue weighted by Gasteiger charge is -2.17. The Morgan fingerprint density at radius 3 is 2.35 bits per heavy atom. The Bertz CT molecular complexity index is 499. The van der Waals surface area contributed by atoms with Crippen molar-refractivity contribution in [3.05, 3.63) is 33.8 Å². The van der Waals surface area contributed by atoms with Crippen LogP contribution in [-0.2, 0) is 16.3 Å². The van der Waals surface area contributed by atoms with E-state index >= 15 is 0 Å². The first kappa shape index (κ1) is 14.8. The highest BCUT2D eigenvalue weighted by molar-refractivity contribution is 7.91. The Morgan fingerprint density at radius 2 is 1.88 bits per heavy atom. The van der Waals surface area contributed by atoms with Gasteiger partial charge < -0.3 is 5.11 Å². The van der Waals surface area contributed by atoms with E-state index in [1.54, 1.807) is 18.2 Å². The van der Waals surface area contributed by atoms with Crippen molar-refractivity contribution in [3.63, 3.8) is 0 Å². The zero-order valence-electron chi connectivity index (χ0n) is 9.52. The van der Waals surface area contributed by atoms with E-state index in [-0.39, 0.29) is 6.42 Å². The summed E-state index contributed by atoms with van der Waals surface area (Å²) in [6.07, 6.45) is 0.378. The molecule has 6 heteroatoms. The van der Waals surface area contributed by atoms with Crippen LogP contribution >= 0.6 is 23.2 Å². The highest BCUT2D eigenvalue weighted by Crippen LogP contribution is 2.23. The summed E-state index contributed by atoms with van der Waals surface area (Å²) in [7, 11) is -3.25. The molecule has 0 amide bonds. The Hall–Kier alpha value is -0.290. The average molecular weight is 297 g/mol. The van der Waals surface area contributed by atoms with Gasteiger partial charge in [-0.3, -0.25) is 0 Å². The maximum absolute atomic E-state index is 11.3. The van der Waals surface area contributed by atoms with Crippen LogP contribution in [0.3, 0.4) is 0 Å². The van der Waals surface area contributed by atoms with Gasteiger partial charge >= 0.3 is 0 Å². The van der Waals surface area contributed by atoms with Crippen LogP contribution in [0.5, 0.6) is 0 Å². The molecular weight excluding hydrogens is 283 g/mol. The van der Waals surface area contributed by atoms with E-state index in [9.17, 15) is 13.5 Å². The van der Waals surface area contributed by atoms with Crippen molar-refractivity contribution in [1.82, 2.24) is 0 Å². The van der Waals surface area contributed by atoms with Gasteiger partial charge in [0.15, 0.2) is 9.84 Å². The van der Waals surface area contributed by atoms with Gasteiger partial charge in [-0.2, -0.15) is 0 Å². The van der Waals surface area contributed by atoms with Crippen LogP contribution in [0.25, 0.3) is 0 Å². The summed E-state index contributed by atoms with van der Waals surface area (Å²) in [4.78, 5) is 0. The molecule has 0 bridgehead atoms. The van der Waals surface area contributed by atoms with Crippen molar-refractivity contribution in [3.8, 4) is 0 Å². The number of rotatable bonds is 4. The number of sulfone groups is 1. The zero-order valence-corrected chi connectivity index (χ0v) is 11.9. The van der Waals surface area contributed by atoms with Crippen LogP contribution in [0.1, 0.15) is 12.5 Å².